The zero-order valence-corrected chi connectivity index (χ0v) is 13.1. The number of aliphatic imine (C=N–C) groups is 1. The van der Waals surface area contributed by atoms with Crippen molar-refractivity contribution < 1.29 is 4.52 Å². The molecule has 2 aromatic rings. The van der Waals surface area contributed by atoms with Crippen LogP contribution in [0.15, 0.2) is 32.1 Å². The number of hydrogen-bond acceptors (Lipinski definition) is 7. The molecule has 0 spiro atoms. The van der Waals surface area contributed by atoms with Gasteiger partial charge in [-0.3, -0.25) is 10.4 Å². The van der Waals surface area contributed by atoms with Gasteiger partial charge in [-0.25, -0.2) is 0 Å². The van der Waals surface area contributed by atoms with Crippen molar-refractivity contribution in [2.24, 2.45) is 10.7 Å². The Balaban J connectivity index is 2.18. The summed E-state index contributed by atoms with van der Waals surface area (Å²) < 4.78 is 6.48. The first-order chi connectivity index (χ1) is 9.67. The van der Waals surface area contributed by atoms with Crippen LogP contribution in [0.5, 0.6) is 0 Å². The Morgan fingerprint density at radius 2 is 2.45 bits per heavy atom. The van der Waals surface area contributed by atoms with Crippen molar-refractivity contribution in [3.05, 3.63) is 34.5 Å². The van der Waals surface area contributed by atoms with Gasteiger partial charge >= 0.3 is 0 Å². The maximum Gasteiger partial charge on any atom is 0.169 e. The average Bonchev–Trinajstić information content (AvgIpc) is 3.17. The Morgan fingerprint density at radius 1 is 1.60 bits per heavy atom. The fraction of sp³-hybridized carbons (Fsp3) is 0.250. The highest BCUT2D eigenvalue weighted by Gasteiger charge is 2.42. The molecule has 1 aliphatic heterocycles. The third-order valence-electron chi connectivity index (χ3n) is 3.08. The van der Waals surface area contributed by atoms with Crippen LogP contribution in [0.2, 0.25) is 0 Å². The lowest BCUT2D eigenvalue weighted by atomic mass is 9.92. The number of aromatic nitrogens is 1. The van der Waals surface area contributed by atoms with E-state index in [0.29, 0.717) is 0 Å². The predicted octanol–water partition coefficient (Wildman–Crippen LogP) is 2.76. The topological polar surface area (TPSA) is 88.3 Å². The molecule has 20 heavy (non-hydrogen) atoms. The van der Waals surface area contributed by atoms with E-state index in [4.69, 9.17) is 15.7 Å². The second-order valence-corrected chi connectivity index (χ2v) is 7.17. The molecule has 0 fully saturated rings. The molecule has 0 saturated carbocycles. The molecule has 0 saturated heterocycles. The molecule has 1 aliphatic rings. The number of thioether (sulfide) groups is 2. The molecule has 1 atom stereocenters. The zero-order chi connectivity index (χ0) is 14.2. The first kappa shape index (κ1) is 13.7. The number of amidine groups is 1. The van der Waals surface area contributed by atoms with Crippen LogP contribution in [-0.4, -0.2) is 28.5 Å². The highest BCUT2D eigenvalue weighted by molar-refractivity contribution is 8.12. The van der Waals surface area contributed by atoms with Gasteiger partial charge < -0.3 is 10.3 Å². The lowest BCUT2D eigenvalue weighted by molar-refractivity contribution is 0.338. The quantitative estimate of drug-likeness (QED) is 0.513. The molecule has 0 amide bonds. The van der Waals surface area contributed by atoms with E-state index >= 15 is 0 Å². The summed E-state index contributed by atoms with van der Waals surface area (Å²) in [6, 6.07) is 3.79. The van der Waals surface area contributed by atoms with E-state index in [2.05, 4.69) is 10.1 Å². The normalized spacial score (nSPS) is 21.4. The first-order valence-corrected chi connectivity index (χ1v) is 8.85. The highest BCUT2D eigenvalue weighted by atomic mass is 32.2. The van der Waals surface area contributed by atoms with Gasteiger partial charge in [0.1, 0.15) is 5.84 Å². The molecule has 3 rings (SSSR count). The number of nitrogens with two attached hydrogens (primary N) is 1. The van der Waals surface area contributed by atoms with Crippen LogP contribution in [0.4, 0.5) is 0 Å². The third-order valence-corrected chi connectivity index (χ3v) is 6.22. The van der Waals surface area contributed by atoms with Gasteiger partial charge in [-0.1, -0.05) is 5.16 Å². The van der Waals surface area contributed by atoms with Gasteiger partial charge in [-0.05, 0) is 12.3 Å². The van der Waals surface area contributed by atoms with Crippen LogP contribution in [0, 0.1) is 5.41 Å². The maximum atomic E-state index is 7.63. The second kappa shape index (κ2) is 5.27. The van der Waals surface area contributed by atoms with Gasteiger partial charge in [-0.15, -0.1) is 34.9 Å². The van der Waals surface area contributed by atoms with Crippen LogP contribution >= 0.6 is 34.9 Å². The molecule has 0 radical (unpaired) electrons. The number of thiophene rings is 1. The lowest BCUT2D eigenvalue weighted by Crippen LogP contribution is -2.25. The van der Waals surface area contributed by atoms with Gasteiger partial charge in [0, 0.05) is 17.4 Å². The van der Waals surface area contributed by atoms with Crippen molar-refractivity contribution in [3.8, 4) is 0 Å². The Hall–Kier alpha value is -1.25. The predicted molar refractivity (Wildman–Crippen MR) is 85.3 cm³/mol. The highest BCUT2D eigenvalue weighted by Crippen LogP contribution is 2.46. The van der Waals surface area contributed by atoms with E-state index in [1.807, 2.05) is 23.9 Å². The summed E-state index contributed by atoms with van der Waals surface area (Å²) in [7, 11) is 0. The minimum atomic E-state index is -0.552. The van der Waals surface area contributed by atoms with Crippen LogP contribution in [-0.2, 0) is 5.54 Å². The summed E-state index contributed by atoms with van der Waals surface area (Å²) in [5.74, 6) is 1.57. The molecule has 3 heterocycles. The summed E-state index contributed by atoms with van der Waals surface area (Å²) in [4.78, 5) is 5.41. The van der Waals surface area contributed by atoms with E-state index in [-0.39, 0.29) is 5.84 Å². The summed E-state index contributed by atoms with van der Waals surface area (Å²) in [6.45, 7) is 0. The second-order valence-electron chi connectivity index (χ2n) is 4.21. The largest absolute Gasteiger partial charge is 0.383 e. The monoisotopic (exact) mass is 324 g/mol. The molecule has 1 unspecified atom stereocenters. The standard InChI is InChI=1S/C12H12N4OS3/c1-18-11-7(4-8(20-11)10(13)14)12(5-19-6-15-12)9-2-3-16-17-9/h2-4,6H,5H2,1H3,(H3,13,14). The van der Waals surface area contributed by atoms with E-state index in [1.54, 1.807) is 29.7 Å². The Bertz CT molecular complexity index is 664. The molecular formula is C12H12N4OS3. The Kier molecular flexibility index (Phi) is 3.61. The van der Waals surface area contributed by atoms with Gasteiger partial charge in [0.15, 0.2) is 11.3 Å². The van der Waals surface area contributed by atoms with Crippen LogP contribution in [0.25, 0.3) is 0 Å². The van der Waals surface area contributed by atoms with E-state index in [1.165, 1.54) is 11.3 Å². The SMILES string of the molecule is CSc1sc(C(=N)N)cc1C1(c2ccno2)CSC=N1. The molecule has 8 heteroatoms. The Morgan fingerprint density at radius 3 is 3.00 bits per heavy atom. The molecule has 3 N–H and O–H groups in total. The third kappa shape index (κ3) is 2.07. The van der Waals surface area contributed by atoms with Crippen molar-refractivity contribution in [3.63, 3.8) is 0 Å². The maximum absolute atomic E-state index is 7.63. The molecular weight excluding hydrogens is 312 g/mol. The average molecular weight is 324 g/mol. The molecule has 5 nitrogen and oxygen atoms in total. The van der Waals surface area contributed by atoms with Crippen molar-refractivity contribution in [2.45, 2.75) is 9.75 Å². The minimum absolute atomic E-state index is 0.0823. The van der Waals surface area contributed by atoms with E-state index in [9.17, 15) is 0 Å². The lowest BCUT2D eigenvalue weighted by Gasteiger charge is -2.22. The summed E-state index contributed by atoms with van der Waals surface area (Å²) in [5.41, 5.74) is 7.95. The number of nitrogens with zero attached hydrogens (tertiary/aromatic N) is 2. The van der Waals surface area contributed by atoms with Crippen molar-refractivity contribution >= 4 is 46.2 Å². The Labute approximate surface area is 128 Å². The van der Waals surface area contributed by atoms with Crippen molar-refractivity contribution in [2.75, 3.05) is 12.0 Å². The summed E-state index contributed by atoms with van der Waals surface area (Å²) in [5, 5.41) is 11.4. The van der Waals surface area contributed by atoms with Gasteiger partial charge in [0.2, 0.25) is 0 Å². The number of hydrogen-bond donors (Lipinski definition) is 2. The number of rotatable bonds is 4. The summed E-state index contributed by atoms with van der Waals surface area (Å²) in [6.07, 6.45) is 3.64. The number of nitrogens with one attached hydrogen (secondary N) is 1. The molecule has 0 bridgehead atoms. The molecule has 0 aliphatic carbocycles. The van der Waals surface area contributed by atoms with Crippen molar-refractivity contribution in [1.82, 2.24) is 5.16 Å². The zero-order valence-electron chi connectivity index (χ0n) is 10.6. The van der Waals surface area contributed by atoms with Crippen molar-refractivity contribution in [1.29, 1.82) is 5.41 Å². The fourth-order valence-corrected chi connectivity index (χ4v) is 4.93. The van der Waals surface area contributed by atoms with Gasteiger partial charge in [0.25, 0.3) is 0 Å². The first-order valence-electron chi connectivity index (χ1n) is 5.76. The van der Waals surface area contributed by atoms with Gasteiger partial charge in [0.05, 0.1) is 20.8 Å². The van der Waals surface area contributed by atoms with E-state index in [0.717, 1.165) is 26.2 Å². The van der Waals surface area contributed by atoms with Crippen LogP contribution < -0.4 is 5.73 Å². The smallest absolute Gasteiger partial charge is 0.169 e. The fourth-order valence-electron chi connectivity index (χ4n) is 2.11. The number of nitrogen functional groups attached to an aromatic ring is 1. The molecule has 0 aromatic carbocycles. The molecule has 2 aromatic heterocycles. The summed E-state index contributed by atoms with van der Waals surface area (Å²) >= 11 is 4.80. The molecule has 104 valence electrons. The van der Waals surface area contributed by atoms with Crippen LogP contribution in [0.1, 0.15) is 16.2 Å². The van der Waals surface area contributed by atoms with E-state index < -0.39 is 5.54 Å². The van der Waals surface area contributed by atoms with Crippen LogP contribution in [0.3, 0.4) is 0 Å². The van der Waals surface area contributed by atoms with Gasteiger partial charge in [-0.2, -0.15) is 0 Å². The minimum Gasteiger partial charge on any atom is -0.383 e.